The zero-order valence-corrected chi connectivity index (χ0v) is 19.1. The van der Waals surface area contributed by atoms with Gasteiger partial charge in [-0.3, -0.25) is 14.5 Å². The van der Waals surface area contributed by atoms with Gasteiger partial charge in [0.25, 0.3) is 11.7 Å². The number of nitrogens with zero attached hydrogens (tertiary/aromatic N) is 2. The number of hydrogen-bond acceptors (Lipinski definition) is 5. The smallest absolute Gasteiger partial charge is 0.300 e. The number of rotatable bonds is 6. The van der Waals surface area contributed by atoms with Crippen molar-refractivity contribution in [2.75, 3.05) is 11.5 Å². The monoisotopic (exact) mass is 472 g/mol. The fourth-order valence-electron chi connectivity index (χ4n) is 3.87. The van der Waals surface area contributed by atoms with Crippen molar-refractivity contribution in [3.63, 3.8) is 0 Å². The first-order valence-corrected chi connectivity index (χ1v) is 11.1. The molecule has 1 unspecified atom stereocenters. The lowest BCUT2D eigenvalue weighted by atomic mass is 9.95. The van der Waals surface area contributed by atoms with Crippen LogP contribution in [0.1, 0.15) is 36.1 Å². The Hall–Kier alpha value is -4.08. The number of Topliss-reactive ketones (excluding diaryl/α,β-unsaturated/α-hetero) is 1. The highest BCUT2D eigenvalue weighted by atomic mass is 35.5. The number of hydrogen-bond donors (Lipinski definition) is 1. The number of aliphatic hydroxyl groups excluding tert-OH is 1. The summed E-state index contributed by atoms with van der Waals surface area (Å²) in [7, 11) is 0. The van der Waals surface area contributed by atoms with Crippen LogP contribution in [0.4, 0.5) is 5.69 Å². The first-order chi connectivity index (χ1) is 16.4. The Labute approximate surface area is 202 Å². The Morgan fingerprint density at radius 1 is 1.09 bits per heavy atom. The lowest BCUT2D eigenvalue weighted by Crippen LogP contribution is -2.29. The molecule has 1 fully saturated rings. The molecule has 1 saturated heterocycles. The third kappa shape index (κ3) is 4.39. The van der Waals surface area contributed by atoms with Crippen molar-refractivity contribution < 1.29 is 19.4 Å². The van der Waals surface area contributed by atoms with Crippen LogP contribution in [0.3, 0.4) is 0 Å². The molecule has 0 aromatic heterocycles. The highest BCUT2D eigenvalue weighted by Gasteiger charge is 2.47. The van der Waals surface area contributed by atoms with Gasteiger partial charge in [0.15, 0.2) is 0 Å². The summed E-state index contributed by atoms with van der Waals surface area (Å²) in [5.74, 6) is -1.28. The van der Waals surface area contributed by atoms with Gasteiger partial charge in [-0.2, -0.15) is 5.26 Å². The lowest BCUT2D eigenvalue weighted by Gasteiger charge is -2.26. The second-order valence-electron chi connectivity index (χ2n) is 7.76. The maximum absolute atomic E-state index is 13.2. The van der Waals surface area contributed by atoms with Crippen molar-refractivity contribution in [1.29, 1.82) is 5.26 Å². The second-order valence-corrected chi connectivity index (χ2v) is 8.19. The molecular formula is C27H21ClN2O4. The fraction of sp³-hybridized carbons (Fsp3) is 0.148. The van der Waals surface area contributed by atoms with Gasteiger partial charge in [0, 0.05) is 16.3 Å². The van der Waals surface area contributed by atoms with Gasteiger partial charge in [0.05, 0.1) is 29.9 Å². The number of anilines is 1. The zero-order valence-electron chi connectivity index (χ0n) is 18.4. The summed E-state index contributed by atoms with van der Waals surface area (Å²) in [5.41, 5.74) is 1.79. The first-order valence-electron chi connectivity index (χ1n) is 10.7. The minimum absolute atomic E-state index is 0.0377. The third-order valence-corrected chi connectivity index (χ3v) is 5.74. The van der Waals surface area contributed by atoms with Crippen molar-refractivity contribution in [3.05, 3.63) is 100 Å². The average Bonchev–Trinajstić information content (AvgIpc) is 3.13. The molecule has 1 amide bonds. The summed E-state index contributed by atoms with van der Waals surface area (Å²) in [4.78, 5) is 27.8. The van der Waals surface area contributed by atoms with E-state index in [9.17, 15) is 14.7 Å². The molecule has 4 rings (SSSR count). The van der Waals surface area contributed by atoms with Crippen molar-refractivity contribution in [1.82, 2.24) is 0 Å². The number of nitriles is 1. The van der Waals surface area contributed by atoms with Crippen LogP contribution in [0, 0.1) is 11.3 Å². The van der Waals surface area contributed by atoms with Crippen LogP contribution in [0.25, 0.3) is 5.76 Å². The topological polar surface area (TPSA) is 90.6 Å². The molecule has 7 heteroatoms. The number of ketones is 1. The van der Waals surface area contributed by atoms with Crippen molar-refractivity contribution >= 4 is 34.7 Å². The summed E-state index contributed by atoms with van der Waals surface area (Å²) < 4.78 is 5.76. The molecule has 1 heterocycles. The van der Waals surface area contributed by atoms with Gasteiger partial charge in [-0.05, 0) is 72.6 Å². The molecule has 0 aliphatic carbocycles. The van der Waals surface area contributed by atoms with Crippen LogP contribution in [0.2, 0.25) is 5.02 Å². The molecule has 34 heavy (non-hydrogen) atoms. The Balaban J connectivity index is 1.90. The number of carbonyl (C=O) groups is 2. The first kappa shape index (κ1) is 23.1. The molecule has 0 spiro atoms. The van der Waals surface area contributed by atoms with Gasteiger partial charge < -0.3 is 9.84 Å². The largest absolute Gasteiger partial charge is 0.507 e. The number of aliphatic hydroxyl groups is 1. The van der Waals surface area contributed by atoms with Crippen LogP contribution in [-0.2, 0) is 9.59 Å². The summed E-state index contributed by atoms with van der Waals surface area (Å²) in [6.45, 7) is 2.51. The molecule has 1 N–H and O–H groups in total. The SMILES string of the molecule is CCCOc1cccc(C2/C(=C(/O)c3ccc(Cl)cc3)C(=O)C(=O)N2c2ccc(C#N)cc2)c1. The van der Waals surface area contributed by atoms with E-state index in [0.29, 0.717) is 39.8 Å². The molecule has 1 atom stereocenters. The maximum Gasteiger partial charge on any atom is 0.300 e. The summed E-state index contributed by atoms with van der Waals surface area (Å²) in [6.07, 6.45) is 0.824. The number of ether oxygens (including phenoxy) is 1. The van der Waals surface area contributed by atoms with Crippen LogP contribution in [-0.4, -0.2) is 23.4 Å². The van der Waals surface area contributed by atoms with Gasteiger partial charge >= 0.3 is 0 Å². The standard InChI is InChI=1S/C27H21ClN2O4/c1-2-14-34-22-5-3-4-19(15-22)24-23(25(31)18-8-10-20(28)11-9-18)26(32)27(33)30(24)21-12-6-17(16-29)7-13-21/h3-13,15,24,31H,2,14H2,1H3/b25-23-. The molecular weight excluding hydrogens is 452 g/mol. The quantitative estimate of drug-likeness (QED) is 0.285. The number of halogens is 1. The molecule has 170 valence electrons. The number of carbonyl (C=O) groups excluding carboxylic acids is 2. The van der Waals surface area contributed by atoms with Crippen molar-refractivity contribution in [2.24, 2.45) is 0 Å². The second kappa shape index (κ2) is 9.82. The van der Waals surface area contributed by atoms with Gasteiger partial charge in [0.2, 0.25) is 0 Å². The van der Waals surface area contributed by atoms with Crippen LogP contribution in [0.5, 0.6) is 5.75 Å². The molecule has 3 aromatic carbocycles. The van der Waals surface area contributed by atoms with Gasteiger partial charge in [0.1, 0.15) is 11.5 Å². The van der Waals surface area contributed by atoms with Crippen molar-refractivity contribution in [2.45, 2.75) is 19.4 Å². The summed E-state index contributed by atoms with van der Waals surface area (Å²) in [5, 5.41) is 20.8. The molecule has 0 bridgehead atoms. The predicted molar refractivity (Wildman–Crippen MR) is 130 cm³/mol. The van der Waals surface area contributed by atoms with E-state index < -0.39 is 17.7 Å². The molecule has 1 aliphatic rings. The van der Waals surface area contributed by atoms with Gasteiger partial charge in [-0.25, -0.2) is 0 Å². The van der Waals surface area contributed by atoms with E-state index in [1.165, 1.54) is 4.90 Å². The maximum atomic E-state index is 13.2. The van der Waals surface area contributed by atoms with Crippen molar-refractivity contribution in [3.8, 4) is 11.8 Å². The predicted octanol–water partition coefficient (Wildman–Crippen LogP) is 5.63. The highest BCUT2D eigenvalue weighted by Crippen LogP contribution is 2.43. The molecule has 6 nitrogen and oxygen atoms in total. The minimum atomic E-state index is -0.895. The zero-order chi connectivity index (χ0) is 24.2. The van der Waals surface area contributed by atoms with Crippen LogP contribution >= 0.6 is 11.6 Å². The molecule has 0 radical (unpaired) electrons. The normalized spacial score (nSPS) is 17.0. The Bertz CT molecular complexity index is 1310. The highest BCUT2D eigenvalue weighted by molar-refractivity contribution is 6.51. The Morgan fingerprint density at radius 2 is 1.79 bits per heavy atom. The van der Waals surface area contributed by atoms with E-state index in [1.807, 2.05) is 13.0 Å². The van der Waals surface area contributed by atoms with E-state index in [4.69, 9.17) is 21.6 Å². The minimum Gasteiger partial charge on any atom is -0.507 e. The van der Waals surface area contributed by atoms with Gasteiger partial charge in [-0.1, -0.05) is 30.7 Å². The lowest BCUT2D eigenvalue weighted by molar-refractivity contribution is -0.132. The third-order valence-electron chi connectivity index (χ3n) is 5.48. The fourth-order valence-corrected chi connectivity index (χ4v) is 3.99. The Morgan fingerprint density at radius 3 is 2.44 bits per heavy atom. The molecule has 1 aliphatic heterocycles. The van der Waals surface area contributed by atoms with E-state index in [1.54, 1.807) is 72.8 Å². The number of amides is 1. The number of benzene rings is 3. The molecule has 0 saturated carbocycles. The molecule has 3 aromatic rings. The van der Waals surface area contributed by atoms with E-state index >= 15 is 0 Å². The van der Waals surface area contributed by atoms with E-state index in [0.717, 1.165) is 6.42 Å². The summed E-state index contributed by atoms with van der Waals surface area (Å²) in [6, 6.07) is 21.0. The van der Waals surface area contributed by atoms with E-state index in [-0.39, 0.29) is 11.3 Å². The van der Waals surface area contributed by atoms with E-state index in [2.05, 4.69) is 0 Å². The van der Waals surface area contributed by atoms with Crippen LogP contribution in [0.15, 0.2) is 78.4 Å². The average molecular weight is 473 g/mol. The Kier molecular flexibility index (Phi) is 6.67. The summed E-state index contributed by atoms with van der Waals surface area (Å²) >= 11 is 5.98. The van der Waals surface area contributed by atoms with Gasteiger partial charge in [-0.15, -0.1) is 0 Å². The van der Waals surface area contributed by atoms with Crippen LogP contribution < -0.4 is 9.64 Å².